The quantitative estimate of drug-likeness (QED) is 0.686. The second kappa shape index (κ2) is 6.07. The molecule has 5 nitrogen and oxygen atoms in total. The van der Waals surface area contributed by atoms with Gasteiger partial charge in [-0.2, -0.15) is 0 Å². The van der Waals surface area contributed by atoms with E-state index in [0.29, 0.717) is 0 Å². The maximum Gasteiger partial charge on any atom is 0.331 e. The molecule has 0 bridgehead atoms. The maximum atomic E-state index is 4.52. The van der Waals surface area contributed by atoms with Crippen LogP contribution in [-0.2, 0) is 0 Å². The Bertz CT molecular complexity index is 846. The Kier molecular flexibility index (Phi) is 3.76. The van der Waals surface area contributed by atoms with E-state index < -0.39 is 0 Å². The summed E-state index contributed by atoms with van der Waals surface area (Å²) in [5.74, 6) is 1.07. The van der Waals surface area contributed by atoms with E-state index in [2.05, 4.69) is 68.4 Å². The lowest BCUT2D eigenvalue weighted by Gasteiger charge is -2.23. The molecule has 0 amide bonds. The Hall–Kier alpha value is -2.70. The van der Waals surface area contributed by atoms with Crippen LogP contribution in [0.5, 0.6) is 0 Å². The number of benzene rings is 2. The van der Waals surface area contributed by atoms with Crippen LogP contribution in [-0.4, -0.2) is 34.7 Å². The summed E-state index contributed by atoms with van der Waals surface area (Å²) in [6, 6.07) is 20.7. The van der Waals surface area contributed by atoms with Gasteiger partial charge in [0.1, 0.15) is 12.7 Å². The summed E-state index contributed by atoms with van der Waals surface area (Å²) in [6.45, 7) is 0. The minimum absolute atomic E-state index is 0.932. The Labute approximate surface area is 145 Å². The molecule has 120 valence electrons. The zero-order valence-corrected chi connectivity index (χ0v) is 14.4. The number of aromatic nitrogens is 1. The van der Waals surface area contributed by atoms with Crippen LogP contribution >= 0.6 is 11.3 Å². The molecule has 0 saturated heterocycles. The number of nitrogens with zero attached hydrogens (tertiary/aromatic N) is 5. The van der Waals surface area contributed by atoms with Crippen LogP contribution in [0.25, 0.3) is 0 Å². The molecule has 0 N–H and O–H groups in total. The molecule has 6 heteroatoms. The van der Waals surface area contributed by atoms with Crippen LogP contribution in [0.2, 0.25) is 0 Å². The number of rotatable bonds is 3. The van der Waals surface area contributed by atoms with Gasteiger partial charge in [0.25, 0.3) is 5.13 Å². The average Bonchev–Trinajstić information content (AvgIpc) is 3.23. The normalized spacial score (nSPS) is 15.4. The van der Waals surface area contributed by atoms with Crippen LogP contribution in [0.15, 0.2) is 72.2 Å². The number of anilines is 2. The van der Waals surface area contributed by atoms with Crippen molar-refractivity contribution in [1.29, 1.82) is 0 Å². The van der Waals surface area contributed by atoms with Crippen molar-refractivity contribution < 1.29 is 4.68 Å². The van der Waals surface area contributed by atoms with E-state index in [0.717, 1.165) is 22.2 Å². The van der Waals surface area contributed by atoms with Crippen molar-refractivity contribution >= 4 is 28.0 Å². The highest BCUT2D eigenvalue weighted by Crippen LogP contribution is 2.29. The van der Waals surface area contributed by atoms with Gasteiger partial charge in [0.05, 0.1) is 12.6 Å². The van der Waals surface area contributed by atoms with E-state index in [1.807, 2.05) is 42.9 Å². The van der Waals surface area contributed by atoms with E-state index in [9.17, 15) is 0 Å². The fourth-order valence-electron chi connectivity index (χ4n) is 2.98. The summed E-state index contributed by atoms with van der Waals surface area (Å²) < 4.78 is 2.14. The second-order valence-electron chi connectivity index (χ2n) is 5.45. The number of hydrogen-bond donors (Lipinski definition) is 0. The van der Waals surface area contributed by atoms with Crippen LogP contribution < -0.4 is 10.1 Å². The maximum absolute atomic E-state index is 4.52. The van der Waals surface area contributed by atoms with Gasteiger partial charge in [-0.25, -0.2) is 4.98 Å². The molecule has 3 aromatic rings. The zero-order valence-electron chi connectivity index (χ0n) is 13.6. The van der Waals surface area contributed by atoms with Gasteiger partial charge in [0.15, 0.2) is 0 Å². The predicted molar refractivity (Wildman–Crippen MR) is 98.0 cm³/mol. The molecule has 1 aromatic heterocycles. The number of amidine groups is 1. The zero-order chi connectivity index (χ0) is 16.5. The van der Waals surface area contributed by atoms with Crippen molar-refractivity contribution in [1.82, 2.24) is 10.1 Å². The van der Waals surface area contributed by atoms with Gasteiger partial charge in [0, 0.05) is 11.6 Å². The van der Waals surface area contributed by atoms with Gasteiger partial charge in [-0.1, -0.05) is 52.7 Å². The first kappa shape index (κ1) is 14.9. The van der Waals surface area contributed by atoms with Crippen molar-refractivity contribution in [2.45, 2.75) is 0 Å². The lowest BCUT2D eigenvalue weighted by Crippen LogP contribution is -2.46. The Balaban J connectivity index is 1.88. The van der Waals surface area contributed by atoms with Crippen molar-refractivity contribution in [3.05, 3.63) is 77.8 Å². The standard InChI is InChI=1S/C18H18N5S/c1-20-17(15-9-5-3-6-10-15)22(18-19-13-14-24-18)21(2)23(20)16-11-7-4-8-12-16/h3-14H,1-2H3/q+1. The highest BCUT2D eigenvalue weighted by molar-refractivity contribution is 7.13. The third-order valence-electron chi connectivity index (χ3n) is 3.97. The third kappa shape index (κ3) is 2.36. The molecular formula is C18H18N5S+. The number of hydrazone groups is 1. The largest absolute Gasteiger partial charge is 0.331 e. The van der Waals surface area contributed by atoms with Gasteiger partial charge in [0.2, 0.25) is 0 Å². The van der Waals surface area contributed by atoms with Gasteiger partial charge < -0.3 is 0 Å². The highest BCUT2D eigenvalue weighted by Gasteiger charge is 2.45. The number of thiazole rings is 1. The summed E-state index contributed by atoms with van der Waals surface area (Å²) in [4.78, 5) is 4.52. The van der Waals surface area contributed by atoms with Crippen molar-refractivity contribution in [3.8, 4) is 0 Å². The predicted octanol–water partition coefficient (Wildman–Crippen LogP) is 3.24. The fraction of sp³-hybridized carbons (Fsp3) is 0.111. The second-order valence-corrected chi connectivity index (χ2v) is 6.33. The molecule has 4 rings (SSSR count). The summed E-state index contributed by atoms with van der Waals surface area (Å²) in [6.07, 6.45) is 1.83. The first-order chi connectivity index (χ1) is 11.8. The van der Waals surface area contributed by atoms with Crippen LogP contribution in [0.4, 0.5) is 10.8 Å². The van der Waals surface area contributed by atoms with Gasteiger partial charge in [-0.3, -0.25) is 0 Å². The minimum atomic E-state index is 0.932. The molecule has 2 heterocycles. The van der Waals surface area contributed by atoms with Gasteiger partial charge in [-0.05, 0) is 29.4 Å². The monoisotopic (exact) mass is 336 g/mol. The SMILES string of the molecule is CN1N(c2nccs2)C(c2ccccc2)=[N+](C)N1c1ccccc1. The summed E-state index contributed by atoms with van der Waals surface area (Å²) in [5, 5.41) is 9.27. The molecular weight excluding hydrogens is 318 g/mol. The van der Waals surface area contributed by atoms with E-state index in [4.69, 9.17) is 0 Å². The lowest BCUT2D eigenvalue weighted by molar-refractivity contribution is -0.522. The fourth-order valence-corrected chi connectivity index (χ4v) is 3.65. The summed E-state index contributed by atoms with van der Waals surface area (Å²) in [7, 11) is 4.11. The van der Waals surface area contributed by atoms with Crippen LogP contribution in [0, 0.1) is 0 Å². The number of hydrogen-bond acceptors (Lipinski definition) is 5. The molecule has 0 radical (unpaired) electrons. The molecule has 0 atom stereocenters. The molecule has 2 aromatic carbocycles. The van der Waals surface area contributed by atoms with Gasteiger partial charge in [-0.15, -0.1) is 9.80 Å². The Morgan fingerprint density at radius 1 is 0.958 bits per heavy atom. The Morgan fingerprint density at radius 3 is 2.25 bits per heavy atom. The van der Waals surface area contributed by atoms with Crippen molar-refractivity contribution in [2.75, 3.05) is 24.2 Å². The Morgan fingerprint density at radius 2 is 1.62 bits per heavy atom. The lowest BCUT2D eigenvalue weighted by atomic mass is 10.2. The molecule has 0 spiro atoms. The molecule has 0 fully saturated rings. The number of hydrazine groups is 3. The van der Waals surface area contributed by atoms with E-state index in [1.165, 1.54) is 0 Å². The van der Waals surface area contributed by atoms with Crippen molar-refractivity contribution in [2.24, 2.45) is 0 Å². The van der Waals surface area contributed by atoms with Crippen LogP contribution in [0.3, 0.4) is 0 Å². The van der Waals surface area contributed by atoms with Crippen molar-refractivity contribution in [3.63, 3.8) is 0 Å². The van der Waals surface area contributed by atoms with E-state index in [1.54, 1.807) is 11.3 Å². The molecule has 24 heavy (non-hydrogen) atoms. The van der Waals surface area contributed by atoms with Crippen LogP contribution in [0.1, 0.15) is 5.56 Å². The van der Waals surface area contributed by atoms with E-state index >= 15 is 0 Å². The number of para-hydroxylation sites is 1. The van der Waals surface area contributed by atoms with Gasteiger partial charge >= 0.3 is 5.84 Å². The van der Waals surface area contributed by atoms with E-state index in [-0.39, 0.29) is 0 Å². The average molecular weight is 336 g/mol. The topological polar surface area (TPSA) is 25.6 Å². The molecule has 0 aliphatic carbocycles. The smallest absolute Gasteiger partial charge is 0.206 e. The first-order valence-electron chi connectivity index (χ1n) is 7.72. The summed E-state index contributed by atoms with van der Waals surface area (Å²) in [5.41, 5.74) is 2.23. The third-order valence-corrected chi connectivity index (χ3v) is 4.72. The molecule has 1 aliphatic rings. The highest BCUT2D eigenvalue weighted by atomic mass is 32.1. The minimum Gasteiger partial charge on any atom is -0.206 e. The summed E-state index contributed by atoms with van der Waals surface area (Å²) >= 11 is 1.62. The first-order valence-corrected chi connectivity index (χ1v) is 8.59. The molecule has 0 saturated carbocycles. The molecule has 1 aliphatic heterocycles. The molecule has 0 unspecified atom stereocenters.